The maximum atomic E-state index is 14.0. The SMILES string of the molecule is CCCOc1cncc(C(NN)c2cc(Cl)ccc2F)c1. The molecular formula is C15H17ClFN3O. The lowest BCUT2D eigenvalue weighted by Crippen LogP contribution is -2.29. The molecule has 112 valence electrons. The van der Waals surface area contributed by atoms with E-state index < -0.39 is 6.04 Å². The zero-order valence-corrected chi connectivity index (χ0v) is 12.4. The first kappa shape index (κ1) is 15.7. The Morgan fingerprint density at radius 2 is 2.19 bits per heavy atom. The molecule has 1 aromatic carbocycles. The van der Waals surface area contributed by atoms with Gasteiger partial charge in [0.25, 0.3) is 0 Å². The van der Waals surface area contributed by atoms with Gasteiger partial charge in [-0.2, -0.15) is 0 Å². The van der Waals surface area contributed by atoms with Crippen molar-refractivity contribution in [2.45, 2.75) is 19.4 Å². The molecule has 0 amide bonds. The molecule has 0 aliphatic carbocycles. The normalized spacial score (nSPS) is 12.2. The van der Waals surface area contributed by atoms with Crippen molar-refractivity contribution in [3.63, 3.8) is 0 Å². The molecule has 2 rings (SSSR count). The number of rotatable bonds is 6. The van der Waals surface area contributed by atoms with Crippen molar-refractivity contribution in [1.82, 2.24) is 10.4 Å². The molecule has 0 fully saturated rings. The Labute approximate surface area is 128 Å². The molecule has 0 saturated heterocycles. The Kier molecular flexibility index (Phi) is 5.50. The number of hydrazine groups is 1. The fourth-order valence-electron chi connectivity index (χ4n) is 1.99. The van der Waals surface area contributed by atoms with Gasteiger partial charge in [0.05, 0.1) is 18.8 Å². The van der Waals surface area contributed by atoms with Crippen molar-refractivity contribution in [1.29, 1.82) is 0 Å². The third kappa shape index (κ3) is 3.91. The molecule has 4 nitrogen and oxygen atoms in total. The van der Waals surface area contributed by atoms with Crippen molar-refractivity contribution in [3.05, 3.63) is 58.6 Å². The quantitative estimate of drug-likeness (QED) is 0.635. The first-order chi connectivity index (χ1) is 10.2. The lowest BCUT2D eigenvalue weighted by molar-refractivity contribution is 0.315. The number of benzene rings is 1. The molecular weight excluding hydrogens is 293 g/mol. The van der Waals surface area contributed by atoms with E-state index in [4.69, 9.17) is 22.2 Å². The van der Waals surface area contributed by atoms with Gasteiger partial charge in [0.2, 0.25) is 0 Å². The van der Waals surface area contributed by atoms with Crippen LogP contribution in [0.3, 0.4) is 0 Å². The molecule has 1 atom stereocenters. The number of halogens is 2. The van der Waals surface area contributed by atoms with Crippen LogP contribution in [0.2, 0.25) is 5.02 Å². The first-order valence-electron chi connectivity index (χ1n) is 6.64. The topological polar surface area (TPSA) is 60.2 Å². The standard InChI is InChI=1S/C15H17ClFN3O/c1-2-5-21-12-6-10(8-19-9-12)15(20-18)13-7-11(16)3-4-14(13)17/h3-4,6-9,15,20H,2,5,18H2,1H3. The van der Waals surface area contributed by atoms with Crippen molar-refractivity contribution in [3.8, 4) is 5.75 Å². The monoisotopic (exact) mass is 309 g/mol. The van der Waals surface area contributed by atoms with Crippen LogP contribution in [0.25, 0.3) is 0 Å². The van der Waals surface area contributed by atoms with Crippen molar-refractivity contribution >= 4 is 11.6 Å². The van der Waals surface area contributed by atoms with E-state index >= 15 is 0 Å². The summed E-state index contributed by atoms with van der Waals surface area (Å²) in [6, 6.07) is 5.58. The van der Waals surface area contributed by atoms with E-state index in [1.54, 1.807) is 24.5 Å². The summed E-state index contributed by atoms with van der Waals surface area (Å²) in [5, 5.41) is 0.443. The second-order valence-corrected chi connectivity index (χ2v) is 5.00. The lowest BCUT2D eigenvalue weighted by atomic mass is 10.00. The number of hydrogen-bond acceptors (Lipinski definition) is 4. The van der Waals surface area contributed by atoms with Gasteiger partial charge in [-0.25, -0.2) is 9.82 Å². The number of hydrogen-bond donors (Lipinski definition) is 2. The summed E-state index contributed by atoms with van der Waals surface area (Å²) in [5.41, 5.74) is 3.65. The summed E-state index contributed by atoms with van der Waals surface area (Å²) in [4.78, 5) is 4.11. The van der Waals surface area contributed by atoms with E-state index in [0.29, 0.717) is 28.5 Å². The summed E-state index contributed by atoms with van der Waals surface area (Å²) in [5.74, 6) is 5.81. The number of nitrogens with one attached hydrogen (secondary N) is 1. The van der Waals surface area contributed by atoms with E-state index in [0.717, 1.165) is 6.42 Å². The Morgan fingerprint density at radius 1 is 1.38 bits per heavy atom. The molecule has 1 aromatic heterocycles. The minimum Gasteiger partial charge on any atom is -0.492 e. The number of nitrogens with zero attached hydrogens (tertiary/aromatic N) is 1. The molecule has 21 heavy (non-hydrogen) atoms. The third-order valence-corrected chi connectivity index (χ3v) is 3.21. The Bertz CT molecular complexity index is 609. The van der Waals surface area contributed by atoms with Gasteiger partial charge in [-0.05, 0) is 36.2 Å². The van der Waals surface area contributed by atoms with Crippen LogP contribution in [-0.2, 0) is 0 Å². The number of pyridine rings is 1. The van der Waals surface area contributed by atoms with Crippen LogP contribution in [0.15, 0.2) is 36.7 Å². The zero-order valence-electron chi connectivity index (χ0n) is 11.6. The highest BCUT2D eigenvalue weighted by molar-refractivity contribution is 6.30. The summed E-state index contributed by atoms with van der Waals surface area (Å²) >= 11 is 5.93. The molecule has 6 heteroatoms. The molecule has 1 unspecified atom stereocenters. The molecule has 0 radical (unpaired) electrons. The number of nitrogens with two attached hydrogens (primary N) is 1. The first-order valence-corrected chi connectivity index (χ1v) is 7.02. The number of ether oxygens (including phenoxy) is 1. The maximum Gasteiger partial charge on any atom is 0.137 e. The van der Waals surface area contributed by atoms with Crippen LogP contribution in [-0.4, -0.2) is 11.6 Å². The van der Waals surface area contributed by atoms with Crippen LogP contribution in [0.4, 0.5) is 4.39 Å². The highest BCUT2D eigenvalue weighted by Gasteiger charge is 2.18. The third-order valence-electron chi connectivity index (χ3n) is 2.98. The Hall–Kier alpha value is -1.69. The minimum absolute atomic E-state index is 0.361. The minimum atomic E-state index is -0.554. The van der Waals surface area contributed by atoms with Gasteiger partial charge in [-0.15, -0.1) is 0 Å². The smallest absolute Gasteiger partial charge is 0.137 e. The summed E-state index contributed by atoms with van der Waals surface area (Å²) < 4.78 is 19.5. The van der Waals surface area contributed by atoms with E-state index in [-0.39, 0.29) is 5.82 Å². The van der Waals surface area contributed by atoms with Crippen LogP contribution in [0.1, 0.15) is 30.5 Å². The molecule has 0 aliphatic heterocycles. The van der Waals surface area contributed by atoms with E-state index in [2.05, 4.69) is 10.4 Å². The van der Waals surface area contributed by atoms with E-state index in [9.17, 15) is 4.39 Å². The van der Waals surface area contributed by atoms with Gasteiger partial charge in [0, 0.05) is 16.8 Å². The van der Waals surface area contributed by atoms with Crippen LogP contribution < -0.4 is 16.0 Å². The average molecular weight is 310 g/mol. The number of aromatic nitrogens is 1. The van der Waals surface area contributed by atoms with Crippen LogP contribution in [0.5, 0.6) is 5.75 Å². The average Bonchev–Trinajstić information content (AvgIpc) is 2.50. The van der Waals surface area contributed by atoms with Gasteiger partial charge in [-0.1, -0.05) is 18.5 Å². The molecule has 1 heterocycles. The van der Waals surface area contributed by atoms with Gasteiger partial charge >= 0.3 is 0 Å². The highest BCUT2D eigenvalue weighted by atomic mass is 35.5. The second kappa shape index (κ2) is 7.36. The van der Waals surface area contributed by atoms with Crippen molar-refractivity contribution < 1.29 is 9.13 Å². The van der Waals surface area contributed by atoms with Crippen molar-refractivity contribution in [2.24, 2.45) is 5.84 Å². The van der Waals surface area contributed by atoms with Gasteiger partial charge in [0.1, 0.15) is 11.6 Å². The van der Waals surface area contributed by atoms with Gasteiger partial charge < -0.3 is 4.74 Å². The van der Waals surface area contributed by atoms with Crippen LogP contribution >= 0.6 is 11.6 Å². The van der Waals surface area contributed by atoms with Crippen molar-refractivity contribution in [2.75, 3.05) is 6.61 Å². The highest BCUT2D eigenvalue weighted by Crippen LogP contribution is 2.27. The fraction of sp³-hybridized carbons (Fsp3) is 0.267. The summed E-state index contributed by atoms with van der Waals surface area (Å²) in [7, 11) is 0. The predicted octanol–water partition coefficient (Wildman–Crippen LogP) is 3.22. The predicted molar refractivity (Wildman–Crippen MR) is 80.6 cm³/mol. The molecule has 0 bridgehead atoms. The summed E-state index contributed by atoms with van der Waals surface area (Å²) in [6.07, 6.45) is 4.12. The molecule has 0 spiro atoms. The molecule has 0 aliphatic rings. The largest absolute Gasteiger partial charge is 0.492 e. The van der Waals surface area contributed by atoms with E-state index in [1.807, 2.05) is 6.92 Å². The molecule has 2 aromatic rings. The van der Waals surface area contributed by atoms with E-state index in [1.165, 1.54) is 12.1 Å². The Balaban J connectivity index is 2.34. The van der Waals surface area contributed by atoms with Gasteiger partial charge in [0.15, 0.2) is 0 Å². The molecule has 3 N–H and O–H groups in total. The lowest BCUT2D eigenvalue weighted by Gasteiger charge is -2.18. The zero-order chi connectivity index (χ0) is 15.2. The Morgan fingerprint density at radius 3 is 2.90 bits per heavy atom. The maximum absolute atomic E-state index is 14.0. The molecule has 0 saturated carbocycles. The van der Waals surface area contributed by atoms with Gasteiger partial charge in [-0.3, -0.25) is 10.8 Å². The summed E-state index contributed by atoms with van der Waals surface area (Å²) in [6.45, 7) is 2.61. The van der Waals surface area contributed by atoms with Crippen LogP contribution in [0, 0.1) is 5.82 Å². The fourth-order valence-corrected chi connectivity index (χ4v) is 2.17. The second-order valence-electron chi connectivity index (χ2n) is 4.57.